The largest absolute Gasteiger partial charge is 0.294 e. The second kappa shape index (κ2) is 3.11. The van der Waals surface area contributed by atoms with E-state index in [9.17, 15) is 4.79 Å². The van der Waals surface area contributed by atoms with Crippen molar-refractivity contribution in [1.29, 1.82) is 0 Å². The lowest BCUT2D eigenvalue weighted by atomic mass is 10.1. The van der Waals surface area contributed by atoms with Crippen molar-refractivity contribution in [3.63, 3.8) is 0 Å². The molecule has 0 aliphatic carbocycles. The van der Waals surface area contributed by atoms with E-state index in [-0.39, 0.29) is 0 Å². The van der Waals surface area contributed by atoms with Crippen LogP contribution < -0.4 is 0 Å². The smallest absolute Gasteiger partial charge is 0.164 e. The van der Waals surface area contributed by atoms with Crippen molar-refractivity contribution in [2.24, 2.45) is 0 Å². The van der Waals surface area contributed by atoms with E-state index in [0.717, 1.165) is 0 Å². The van der Waals surface area contributed by atoms with Crippen molar-refractivity contribution in [2.75, 3.05) is 0 Å². The normalized spacial score (nSPS) is 15.0. The molecule has 1 aromatic heterocycles. The molecule has 0 radical (unpaired) electrons. The quantitative estimate of drug-likeness (QED) is 0.582. The van der Waals surface area contributed by atoms with E-state index in [1.165, 1.54) is 12.4 Å². The lowest BCUT2D eigenvalue weighted by molar-refractivity contribution is 0.0988. The predicted molar refractivity (Wildman–Crippen MR) is 38.9 cm³/mol. The van der Waals surface area contributed by atoms with E-state index in [0.29, 0.717) is 5.56 Å². The van der Waals surface area contributed by atoms with E-state index >= 15 is 0 Å². The van der Waals surface area contributed by atoms with Gasteiger partial charge in [0, 0.05) is 28.5 Å². The average molecular weight is 138 g/mol. The Bertz CT molecular complexity index is 294. The lowest BCUT2D eigenvalue weighted by Crippen LogP contribution is -1.95. The fourth-order valence-electron chi connectivity index (χ4n) is 0.630. The summed E-state index contributed by atoms with van der Waals surface area (Å²) in [6.45, 7) is -2.20. The Morgan fingerprint density at radius 1 is 1.90 bits per heavy atom. The molecular formula is C8H9NO. The Morgan fingerprint density at radius 2 is 2.80 bits per heavy atom. The van der Waals surface area contributed by atoms with E-state index in [2.05, 4.69) is 4.98 Å². The summed E-state index contributed by atoms with van der Waals surface area (Å²) in [5, 5.41) is 0. The Morgan fingerprint density at radius 3 is 3.40 bits per heavy atom. The van der Waals surface area contributed by atoms with Gasteiger partial charge >= 0.3 is 0 Å². The summed E-state index contributed by atoms with van der Waals surface area (Å²) in [6, 6.07) is 3.16. The molecular weight excluding hydrogens is 126 g/mol. The molecule has 2 nitrogen and oxygen atoms in total. The van der Waals surface area contributed by atoms with Crippen molar-refractivity contribution in [1.82, 2.24) is 4.98 Å². The van der Waals surface area contributed by atoms with Crippen molar-refractivity contribution in [3.8, 4) is 0 Å². The van der Waals surface area contributed by atoms with Gasteiger partial charge in [0.1, 0.15) is 0 Å². The molecule has 0 fully saturated rings. The standard InChI is InChI=1S/C8H9NO/c1-2-8(10)7-4-3-5-9-6-7/h3-6H,2H2,1H3/i1D3. The number of ketones is 1. The summed E-state index contributed by atoms with van der Waals surface area (Å²) in [4.78, 5) is 15.0. The van der Waals surface area contributed by atoms with E-state index in [4.69, 9.17) is 4.11 Å². The molecule has 0 saturated heterocycles. The number of nitrogens with zero attached hydrogens (tertiary/aromatic N) is 1. The number of Topliss-reactive ketones (excluding diaryl/α,β-unsaturated/α-hetero) is 1. The molecule has 2 heteroatoms. The second-order valence-electron chi connectivity index (χ2n) is 1.84. The van der Waals surface area contributed by atoms with Crippen molar-refractivity contribution < 1.29 is 8.91 Å². The lowest BCUT2D eigenvalue weighted by Gasteiger charge is -1.92. The van der Waals surface area contributed by atoms with Crippen molar-refractivity contribution in [2.45, 2.75) is 13.3 Å². The zero-order valence-corrected chi connectivity index (χ0v) is 5.37. The van der Waals surface area contributed by atoms with Crippen LogP contribution in [0, 0.1) is 0 Å². The van der Waals surface area contributed by atoms with Gasteiger partial charge in [-0.05, 0) is 12.1 Å². The minimum atomic E-state index is -2.20. The maximum atomic E-state index is 11.3. The summed E-state index contributed by atoms with van der Waals surface area (Å²) < 4.78 is 20.7. The van der Waals surface area contributed by atoms with Crippen LogP contribution in [0.25, 0.3) is 0 Å². The average Bonchev–Trinajstić information content (AvgIpc) is 2.03. The number of carbonyl (C=O) groups is 1. The molecule has 0 aromatic carbocycles. The first-order chi connectivity index (χ1) is 5.99. The van der Waals surface area contributed by atoms with Crippen LogP contribution in [0.15, 0.2) is 24.5 Å². The third kappa shape index (κ3) is 1.41. The van der Waals surface area contributed by atoms with Crippen LogP contribution in [0.3, 0.4) is 0 Å². The molecule has 52 valence electrons. The van der Waals surface area contributed by atoms with Crippen LogP contribution in [-0.4, -0.2) is 10.8 Å². The Balaban J connectivity index is 2.71. The minimum Gasteiger partial charge on any atom is -0.294 e. The Labute approximate surface area is 64.1 Å². The molecule has 1 aromatic rings. The highest BCUT2D eigenvalue weighted by molar-refractivity contribution is 5.95. The maximum absolute atomic E-state index is 11.3. The highest BCUT2D eigenvalue weighted by atomic mass is 16.1. The molecule has 1 rings (SSSR count). The molecule has 0 N–H and O–H groups in total. The highest BCUT2D eigenvalue weighted by Crippen LogP contribution is 1.98. The summed E-state index contributed by atoms with van der Waals surface area (Å²) >= 11 is 0. The van der Waals surface area contributed by atoms with Gasteiger partial charge in [-0.25, -0.2) is 0 Å². The van der Waals surface area contributed by atoms with Gasteiger partial charge in [0.05, 0.1) is 0 Å². The molecule has 10 heavy (non-hydrogen) atoms. The molecule has 0 amide bonds. The van der Waals surface area contributed by atoms with E-state index < -0.39 is 19.1 Å². The number of hydrogen-bond acceptors (Lipinski definition) is 2. The first kappa shape index (κ1) is 3.86. The van der Waals surface area contributed by atoms with Crippen LogP contribution in [0.4, 0.5) is 0 Å². The number of pyridine rings is 1. The maximum Gasteiger partial charge on any atom is 0.164 e. The number of hydrogen-bond donors (Lipinski definition) is 0. The van der Waals surface area contributed by atoms with Gasteiger partial charge in [-0.3, -0.25) is 9.78 Å². The third-order valence-electron chi connectivity index (χ3n) is 1.14. The summed E-state index contributed by atoms with van der Waals surface area (Å²) in [6.07, 6.45) is 2.47. The number of aromatic nitrogens is 1. The van der Waals surface area contributed by atoms with Crippen LogP contribution >= 0.6 is 0 Å². The minimum absolute atomic E-state index is 0.346. The van der Waals surface area contributed by atoms with Gasteiger partial charge in [-0.2, -0.15) is 0 Å². The van der Waals surface area contributed by atoms with Crippen LogP contribution in [-0.2, 0) is 0 Å². The zero-order valence-electron chi connectivity index (χ0n) is 8.37. The molecule has 0 saturated carbocycles. The van der Waals surface area contributed by atoms with Gasteiger partial charge in [0.15, 0.2) is 5.78 Å². The van der Waals surface area contributed by atoms with Gasteiger partial charge in [0.2, 0.25) is 0 Å². The molecule has 0 atom stereocenters. The molecule has 0 bridgehead atoms. The molecule has 1 heterocycles. The SMILES string of the molecule is [2H]C([2H])([2H])CC(=O)c1cccnc1. The summed E-state index contributed by atoms with van der Waals surface area (Å²) in [7, 11) is 0. The van der Waals surface area contributed by atoms with Gasteiger partial charge in [-0.1, -0.05) is 6.85 Å². The summed E-state index contributed by atoms with van der Waals surface area (Å²) in [5.74, 6) is -0.395. The van der Waals surface area contributed by atoms with Crippen molar-refractivity contribution in [3.05, 3.63) is 30.1 Å². The van der Waals surface area contributed by atoms with Crippen LogP contribution in [0.5, 0.6) is 0 Å². The first-order valence-corrected chi connectivity index (χ1v) is 2.92. The Kier molecular flexibility index (Phi) is 1.20. The predicted octanol–water partition coefficient (Wildman–Crippen LogP) is 1.67. The summed E-state index contributed by atoms with van der Waals surface area (Å²) in [5.41, 5.74) is 0.346. The number of carbonyl (C=O) groups excluding carboxylic acids is 1. The van der Waals surface area contributed by atoms with Crippen molar-refractivity contribution >= 4 is 5.78 Å². The van der Waals surface area contributed by atoms with E-state index in [1.807, 2.05) is 0 Å². The third-order valence-corrected chi connectivity index (χ3v) is 1.14. The molecule has 0 aliphatic heterocycles. The first-order valence-electron chi connectivity index (χ1n) is 4.42. The molecule has 0 aliphatic rings. The van der Waals surface area contributed by atoms with Crippen LogP contribution in [0.2, 0.25) is 0 Å². The van der Waals surface area contributed by atoms with Crippen LogP contribution in [0.1, 0.15) is 27.7 Å². The fourth-order valence-corrected chi connectivity index (χ4v) is 0.630. The fraction of sp³-hybridized carbons (Fsp3) is 0.250. The highest BCUT2D eigenvalue weighted by Gasteiger charge is 1.99. The topological polar surface area (TPSA) is 30.0 Å². The second-order valence-corrected chi connectivity index (χ2v) is 1.84. The Hall–Kier alpha value is -1.18. The van der Waals surface area contributed by atoms with Gasteiger partial charge < -0.3 is 0 Å². The monoisotopic (exact) mass is 138 g/mol. The van der Waals surface area contributed by atoms with E-state index in [1.54, 1.807) is 12.1 Å². The molecule has 0 unspecified atom stereocenters. The zero-order chi connectivity index (χ0) is 9.90. The van der Waals surface area contributed by atoms with Gasteiger partial charge in [-0.15, -0.1) is 0 Å². The van der Waals surface area contributed by atoms with Gasteiger partial charge in [0.25, 0.3) is 0 Å². The molecule has 0 spiro atoms. The number of rotatable bonds is 2.